The molecule has 0 fully saturated rings. The molecule has 0 aromatic rings. The second-order valence-corrected chi connectivity index (χ2v) is 3.75. The largest absolute Gasteiger partial charge is 0.303 e. The summed E-state index contributed by atoms with van der Waals surface area (Å²) in [5.74, 6) is 0. The molecule has 0 radical (unpaired) electrons. The molecule has 0 aliphatic rings. The number of hydrogen-bond donors (Lipinski definition) is 2. The summed E-state index contributed by atoms with van der Waals surface area (Å²) in [6.45, 7) is 6.32. The molecule has 2 nitrogen and oxygen atoms in total. The van der Waals surface area contributed by atoms with E-state index in [1.54, 1.807) is 0 Å². The lowest BCUT2D eigenvalue weighted by molar-refractivity contribution is 0.945. The first-order valence-corrected chi connectivity index (χ1v) is 6.10. The van der Waals surface area contributed by atoms with E-state index >= 15 is 0 Å². The first kappa shape index (κ1) is 14.4. The van der Waals surface area contributed by atoms with E-state index < -0.39 is 0 Å². The summed E-state index contributed by atoms with van der Waals surface area (Å²) in [4.78, 5) is 0. The number of allylic oxidation sites excluding steroid dienone is 2. The van der Waals surface area contributed by atoms with Crippen LogP contribution in [0.15, 0.2) is 16.0 Å². The van der Waals surface area contributed by atoms with Crippen LogP contribution >= 0.6 is 12.8 Å². The van der Waals surface area contributed by atoms with Gasteiger partial charge in [-0.1, -0.05) is 39.7 Å². The van der Waals surface area contributed by atoms with Crippen molar-refractivity contribution in [3.63, 3.8) is 0 Å². The summed E-state index contributed by atoms with van der Waals surface area (Å²) in [6, 6.07) is 0. The van der Waals surface area contributed by atoms with E-state index in [4.69, 9.17) is 5.41 Å². The average molecular weight is 226 g/mol. The lowest BCUT2D eigenvalue weighted by atomic mass is 9.99. The molecule has 15 heavy (non-hydrogen) atoms. The van der Waals surface area contributed by atoms with Gasteiger partial charge in [-0.3, -0.25) is 0 Å². The van der Waals surface area contributed by atoms with Crippen molar-refractivity contribution in [3.05, 3.63) is 11.6 Å². The van der Waals surface area contributed by atoms with Crippen LogP contribution in [-0.2, 0) is 0 Å². The van der Waals surface area contributed by atoms with Crippen molar-refractivity contribution in [1.82, 2.24) is 0 Å². The Bertz CT molecular complexity index is 254. The number of nitrogens with zero attached hydrogens (tertiary/aromatic N) is 1. The van der Waals surface area contributed by atoms with E-state index in [9.17, 15) is 0 Å². The fraction of sp³-hybridized carbons (Fsp3) is 0.667. The van der Waals surface area contributed by atoms with Gasteiger partial charge in [-0.25, -0.2) is 4.40 Å². The molecule has 0 bridgehead atoms. The summed E-state index contributed by atoms with van der Waals surface area (Å²) < 4.78 is 3.95. The lowest BCUT2D eigenvalue weighted by Crippen LogP contribution is -2.14. The SMILES string of the molecule is CCC/C=C(CC)/C(=N/S)C(=N)CCC. The van der Waals surface area contributed by atoms with Crippen LogP contribution < -0.4 is 0 Å². The topological polar surface area (TPSA) is 36.2 Å². The fourth-order valence-corrected chi connectivity index (χ4v) is 1.66. The van der Waals surface area contributed by atoms with Crippen molar-refractivity contribution in [3.8, 4) is 0 Å². The predicted molar refractivity (Wildman–Crippen MR) is 72.3 cm³/mol. The molecule has 0 heterocycles. The minimum atomic E-state index is 0.608. The Morgan fingerprint density at radius 1 is 1.27 bits per heavy atom. The number of unbranched alkanes of at least 4 members (excludes halogenated alkanes) is 1. The molecule has 0 aliphatic carbocycles. The van der Waals surface area contributed by atoms with Crippen LogP contribution in [0.25, 0.3) is 0 Å². The summed E-state index contributed by atoms with van der Waals surface area (Å²) in [5.41, 5.74) is 2.54. The lowest BCUT2D eigenvalue weighted by Gasteiger charge is -2.09. The van der Waals surface area contributed by atoms with E-state index in [2.05, 4.69) is 44.1 Å². The van der Waals surface area contributed by atoms with Crippen molar-refractivity contribution in [2.24, 2.45) is 4.40 Å². The van der Waals surface area contributed by atoms with Gasteiger partial charge in [0.05, 0.1) is 11.4 Å². The van der Waals surface area contributed by atoms with Crippen molar-refractivity contribution < 1.29 is 0 Å². The maximum Gasteiger partial charge on any atom is 0.0946 e. The van der Waals surface area contributed by atoms with Crippen molar-refractivity contribution in [1.29, 1.82) is 5.41 Å². The van der Waals surface area contributed by atoms with Crippen LogP contribution in [0.5, 0.6) is 0 Å². The Hall–Kier alpha value is -0.570. The molecule has 0 rings (SSSR count). The van der Waals surface area contributed by atoms with Crippen molar-refractivity contribution in [2.45, 2.75) is 52.9 Å². The van der Waals surface area contributed by atoms with Crippen LogP contribution in [-0.4, -0.2) is 11.4 Å². The molecular formula is C12H22N2S. The number of rotatable bonds is 7. The Kier molecular flexibility index (Phi) is 8.38. The molecule has 1 N–H and O–H groups in total. The monoisotopic (exact) mass is 226 g/mol. The smallest absolute Gasteiger partial charge is 0.0946 e. The third kappa shape index (κ3) is 5.17. The fourth-order valence-electron chi connectivity index (χ4n) is 1.41. The highest BCUT2D eigenvalue weighted by atomic mass is 32.1. The zero-order chi connectivity index (χ0) is 11.7. The normalized spacial score (nSPS) is 13.1. The number of thiol groups is 1. The highest BCUT2D eigenvalue weighted by molar-refractivity contribution is 7.79. The number of nitrogens with one attached hydrogen (secondary N) is 1. The zero-order valence-electron chi connectivity index (χ0n) is 10.0. The molecular weight excluding hydrogens is 204 g/mol. The minimum Gasteiger partial charge on any atom is -0.303 e. The molecule has 86 valence electrons. The van der Waals surface area contributed by atoms with Gasteiger partial charge in [0.15, 0.2) is 0 Å². The van der Waals surface area contributed by atoms with Gasteiger partial charge >= 0.3 is 0 Å². The Balaban J connectivity index is 4.70. The van der Waals surface area contributed by atoms with Crippen LogP contribution in [0.3, 0.4) is 0 Å². The molecule has 3 heteroatoms. The molecule has 0 saturated carbocycles. The van der Waals surface area contributed by atoms with Gasteiger partial charge in [0, 0.05) is 0 Å². The Morgan fingerprint density at radius 3 is 2.33 bits per heavy atom. The van der Waals surface area contributed by atoms with E-state index in [0.29, 0.717) is 5.71 Å². The second-order valence-electron chi connectivity index (χ2n) is 3.55. The second kappa shape index (κ2) is 8.72. The molecule has 0 aromatic heterocycles. The van der Waals surface area contributed by atoms with Crippen LogP contribution in [0.2, 0.25) is 0 Å². The predicted octanol–water partition coefficient (Wildman–Crippen LogP) is 4.23. The minimum absolute atomic E-state index is 0.608. The summed E-state index contributed by atoms with van der Waals surface area (Å²) in [5, 5.41) is 7.89. The molecule has 0 aromatic carbocycles. The maximum absolute atomic E-state index is 7.89. The van der Waals surface area contributed by atoms with Gasteiger partial charge in [-0.2, -0.15) is 0 Å². The highest BCUT2D eigenvalue weighted by Crippen LogP contribution is 2.11. The Morgan fingerprint density at radius 2 is 1.93 bits per heavy atom. The van der Waals surface area contributed by atoms with Gasteiger partial charge in [-0.05, 0) is 37.7 Å². The van der Waals surface area contributed by atoms with Gasteiger partial charge in [0.2, 0.25) is 0 Å². The van der Waals surface area contributed by atoms with Crippen LogP contribution in [0.4, 0.5) is 0 Å². The average Bonchev–Trinajstić information content (AvgIpc) is 2.24. The van der Waals surface area contributed by atoms with Gasteiger partial charge in [0.1, 0.15) is 0 Å². The van der Waals surface area contributed by atoms with Gasteiger partial charge in [0.25, 0.3) is 0 Å². The van der Waals surface area contributed by atoms with Gasteiger partial charge < -0.3 is 5.41 Å². The molecule has 0 amide bonds. The van der Waals surface area contributed by atoms with Gasteiger partial charge in [-0.15, -0.1) is 0 Å². The molecule has 0 aliphatic heterocycles. The van der Waals surface area contributed by atoms with Crippen molar-refractivity contribution in [2.75, 3.05) is 0 Å². The first-order chi connectivity index (χ1) is 7.21. The summed E-state index contributed by atoms with van der Waals surface area (Å²) >= 11 is 3.97. The molecule has 0 atom stereocenters. The van der Waals surface area contributed by atoms with E-state index in [0.717, 1.165) is 43.4 Å². The summed E-state index contributed by atoms with van der Waals surface area (Å²) in [7, 11) is 0. The Labute approximate surface area is 98.9 Å². The standard InChI is InChI=1S/C12H22N2S/c1-4-7-9-10(6-3)12(14-15)11(13)8-5-2/h9,13,15H,4-8H2,1-3H3/b10-9+,13-11?,14-12-. The quantitative estimate of drug-likeness (QED) is 0.481. The molecule has 0 spiro atoms. The van der Waals surface area contributed by atoms with E-state index in [1.807, 2.05) is 0 Å². The zero-order valence-corrected chi connectivity index (χ0v) is 10.9. The molecule has 0 unspecified atom stereocenters. The first-order valence-electron chi connectivity index (χ1n) is 5.70. The summed E-state index contributed by atoms with van der Waals surface area (Å²) in [6.07, 6.45) is 7.05. The van der Waals surface area contributed by atoms with E-state index in [-0.39, 0.29) is 0 Å². The van der Waals surface area contributed by atoms with Crippen LogP contribution in [0.1, 0.15) is 52.9 Å². The highest BCUT2D eigenvalue weighted by Gasteiger charge is 2.09. The van der Waals surface area contributed by atoms with Crippen LogP contribution in [0, 0.1) is 5.41 Å². The maximum atomic E-state index is 7.89. The molecule has 0 saturated heterocycles. The third-order valence-electron chi connectivity index (χ3n) is 2.25. The number of hydrogen-bond acceptors (Lipinski definition) is 3. The van der Waals surface area contributed by atoms with E-state index in [1.165, 1.54) is 0 Å². The van der Waals surface area contributed by atoms with Crippen molar-refractivity contribution >= 4 is 24.2 Å². The third-order valence-corrected chi connectivity index (χ3v) is 2.45.